The molecule has 2 heterocycles. The number of carbonyl (C=O) groups excluding carboxylic acids is 3. The summed E-state index contributed by atoms with van der Waals surface area (Å²) in [5.41, 5.74) is 13.1. The Morgan fingerprint density at radius 2 is 1.90 bits per heavy atom. The predicted molar refractivity (Wildman–Crippen MR) is 103 cm³/mol. The van der Waals surface area contributed by atoms with E-state index in [-0.39, 0.29) is 29.3 Å². The van der Waals surface area contributed by atoms with Gasteiger partial charge in [-0.1, -0.05) is 0 Å². The Morgan fingerprint density at radius 3 is 2.55 bits per heavy atom. The van der Waals surface area contributed by atoms with Gasteiger partial charge in [0.2, 0.25) is 5.91 Å². The first-order chi connectivity index (χ1) is 13.7. The van der Waals surface area contributed by atoms with Crippen molar-refractivity contribution in [3.8, 4) is 0 Å². The number of hydrogen-bond acceptors (Lipinski definition) is 5. The fraction of sp³-hybridized carbons (Fsp3) is 0.211. The summed E-state index contributed by atoms with van der Waals surface area (Å²) in [6.45, 7) is 3.61. The number of carbonyl (C=O) groups is 3. The smallest absolute Gasteiger partial charge is 0.271 e. The molecule has 0 spiro atoms. The van der Waals surface area contributed by atoms with Gasteiger partial charge in [0.25, 0.3) is 11.8 Å². The zero-order valence-corrected chi connectivity index (χ0v) is 15.8. The van der Waals surface area contributed by atoms with Crippen molar-refractivity contribution in [2.75, 3.05) is 5.32 Å². The van der Waals surface area contributed by atoms with E-state index in [1.54, 1.807) is 11.3 Å². The lowest BCUT2D eigenvalue weighted by Gasteiger charge is -2.12. The minimum atomic E-state index is -0.917. The molecule has 10 heteroatoms. The van der Waals surface area contributed by atoms with Crippen LogP contribution in [-0.2, 0) is 11.2 Å². The molecule has 3 aromatic rings. The van der Waals surface area contributed by atoms with Crippen LogP contribution in [-0.4, -0.2) is 32.1 Å². The summed E-state index contributed by atoms with van der Waals surface area (Å²) in [4.78, 5) is 43.4. The van der Waals surface area contributed by atoms with E-state index in [9.17, 15) is 18.8 Å². The third kappa shape index (κ3) is 3.91. The summed E-state index contributed by atoms with van der Waals surface area (Å²) in [6, 6.07) is 3.61. The van der Waals surface area contributed by atoms with E-state index >= 15 is 0 Å². The number of rotatable bonds is 6. The number of anilines is 1. The van der Waals surface area contributed by atoms with Crippen molar-refractivity contribution in [1.29, 1.82) is 0 Å². The summed E-state index contributed by atoms with van der Waals surface area (Å²) in [7, 11) is 0. The molecular weight excluding hydrogens is 379 g/mol. The highest BCUT2D eigenvalue weighted by molar-refractivity contribution is 5.97. The van der Waals surface area contributed by atoms with Crippen molar-refractivity contribution in [3.63, 3.8) is 0 Å². The Morgan fingerprint density at radius 1 is 1.17 bits per heavy atom. The Balaban J connectivity index is 1.77. The SMILES string of the molecule is Cc1nc2c(C(N)=O)ncn2c(C)c1CCC(=O)Nc1ccc(F)c(C(N)=O)c1. The minimum Gasteiger partial charge on any atom is -0.366 e. The number of nitrogens with one attached hydrogen (secondary N) is 1. The lowest BCUT2D eigenvalue weighted by molar-refractivity contribution is -0.116. The average Bonchev–Trinajstić information content (AvgIpc) is 3.07. The van der Waals surface area contributed by atoms with Gasteiger partial charge in [0, 0.05) is 23.5 Å². The molecule has 3 rings (SSSR count). The van der Waals surface area contributed by atoms with Crippen molar-refractivity contribution >= 4 is 29.1 Å². The minimum absolute atomic E-state index is 0.0852. The molecule has 0 fully saturated rings. The zero-order chi connectivity index (χ0) is 21.3. The highest BCUT2D eigenvalue weighted by atomic mass is 19.1. The van der Waals surface area contributed by atoms with Gasteiger partial charge in [-0.2, -0.15) is 0 Å². The van der Waals surface area contributed by atoms with Gasteiger partial charge in [0.05, 0.1) is 5.56 Å². The van der Waals surface area contributed by atoms with Gasteiger partial charge >= 0.3 is 0 Å². The van der Waals surface area contributed by atoms with Crippen molar-refractivity contribution in [1.82, 2.24) is 14.4 Å². The zero-order valence-electron chi connectivity index (χ0n) is 15.8. The van der Waals surface area contributed by atoms with Gasteiger partial charge < -0.3 is 16.8 Å². The molecule has 1 aromatic carbocycles. The van der Waals surface area contributed by atoms with Crippen LogP contribution < -0.4 is 16.8 Å². The van der Waals surface area contributed by atoms with Gasteiger partial charge in [0.15, 0.2) is 11.3 Å². The number of imidazole rings is 1. The monoisotopic (exact) mass is 398 g/mol. The Labute approximate surface area is 164 Å². The van der Waals surface area contributed by atoms with Crippen LogP contribution in [0, 0.1) is 19.7 Å². The number of halogens is 1. The van der Waals surface area contributed by atoms with Gasteiger partial charge in [0.1, 0.15) is 12.1 Å². The highest BCUT2D eigenvalue weighted by Gasteiger charge is 2.17. The Kier molecular flexibility index (Phi) is 5.26. The second-order valence-electron chi connectivity index (χ2n) is 6.52. The van der Waals surface area contributed by atoms with Gasteiger partial charge in [-0.15, -0.1) is 0 Å². The summed E-state index contributed by atoms with van der Waals surface area (Å²) < 4.78 is 15.2. The van der Waals surface area contributed by atoms with Crippen molar-refractivity contribution < 1.29 is 18.8 Å². The molecule has 5 N–H and O–H groups in total. The van der Waals surface area contributed by atoms with E-state index in [1.807, 2.05) is 6.92 Å². The third-order valence-electron chi connectivity index (χ3n) is 4.60. The first kappa shape index (κ1) is 19.9. The lowest BCUT2D eigenvalue weighted by atomic mass is 10.1. The molecule has 0 unspecified atom stereocenters. The van der Waals surface area contributed by atoms with Crippen LogP contribution in [0.25, 0.3) is 5.65 Å². The fourth-order valence-electron chi connectivity index (χ4n) is 3.12. The van der Waals surface area contributed by atoms with E-state index < -0.39 is 17.6 Å². The van der Waals surface area contributed by atoms with Crippen LogP contribution in [0.1, 0.15) is 44.2 Å². The number of amides is 3. The Hall–Kier alpha value is -3.82. The topological polar surface area (TPSA) is 145 Å². The maximum Gasteiger partial charge on any atom is 0.271 e. The summed E-state index contributed by atoms with van der Waals surface area (Å²) in [5, 5.41) is 2.62. The largest absolute Gasteiger partial charge is 0.366 e. The molecule has 0 saturated heterocycles. The molecule has 9 nitrogen and oxygen atoms in total. The molecule has 150 valence electrons. The van der Waals surface area contributed by atoms with E-state index in [0.717, 1.165) is 17.3 Å². The van der Waals surface area contributed by atoms with Crippen LogP contribution in [0.3, 0.4) is 0 Å². The average molecular weight is 398 g/mol. The maximum atomic E-state index is 13.5. The van der Waals surface area contributed by atoms with Crippen molar-refractivity contribution in [2.45, 2.75) is 26.7 Å². The molecule has 0 aliphatic rings. The molecule has 3 amide bonds. The number of nitrogens with zero attached hydrogens (tertiary/aromatic N) is 3. The molecule has 0 aliphatic carbocycles. The summed E-state index contributed by atoms with van der Waals surface area (Å²) >= 11 is 0. The second kappa shape index (κ2) is 7.66. The normalized spacial score (nSPS) is 10.9. The standard InChI is InChI=1S/C19H19FN6O3/c1-9-12(10(2)26-8-23-16(18(22)29)19(26)24-9)4-6-15(27)25-11-3-5-14(20)13(7-11)17(21)28/h3,5,7-8H,4,6H2,1-2H3,(H2,21,28)(H2,22,29)(H,25,27). The number of hydrogen-bond donors (Lipinski definition) is 3. The van der Waals surface area contributed by atoms with E-state index in [1.165, 1.54) is 18.5 Å². The third-order valence-corrected chi connectivity index (χ3v) is 4.60. The molecule has 0 atom stereocenters. The van der Waals surface area contributed by atoms with Crippen LogP contribution in [0.2, 0.25) is 0 Å². The van der Waals surface area contributed by atoms with E-state index in [4.69, 9.17) is 11.5 Å². The van der Waals surface area contributed by atoms with Crippen LogP contribution >= 0.6 is 0 Å². The van der Waals surface area contributed by atoms with Gasteiger partial charge in [-0.3, -0.25) is 18.8 Å². The Bertz CT molecular complexity index is 1150. The molecule has 0 bridgehead atoms. The number of benzene rings is 1. The van der Waals surface area contributed by atoms with Gasteiger partial charge in [-0.05, 0) is 44.0 Å². The highest BCUT2D eigenvalue weighted by Crippen LogP contribution is 2.19. The van der Waals surface area contributed by atoms with Crippen LogP contribution in [0.4, 0.5) is 10.1 Å². The molecular formula is C19H19FN6O3. The molecule has 0 saturated carbocycles. The number of nitrogens with two attached hydrogens (primary N) is 2. The predicted octanol–water partition coefficient (Wildman–Crippen LogP) is 1.25. The lowest BCUT2D eigenvalue weighted by Crippen LogP contribution is -2.17. The van der Waals surface area contributed by atoms with Crippen molar-refractivity contribution in [3.05, 3.63) is 58.6 Å². The van der Waals surface area contributed by atoms with E-state index in [0.29, 0.717) is 17.8 Å². The quantitative estimate of drug-likeness (QED) is 0.572. The first-order valence-electron chi connectivity index (χ1n) is 8.71. The summed E-state index contributed by atoms with van der Waals surface area (Å²) in [5.74, 6) is -2.66. The fourth-order valence-corrected chi connectivity index (χ4v) is 3.12. The van der Waals surface area contributed by atoms with Crippen LogP contribution in [0.5, 0.6) is 0 Å². The van der Waals surface area contributed by atoms with E-state index in [2.05, 4.69) is 15.3 Å². The van der Waals surface area contributed by atoms with Crippen LogP contribution in [0.15, 0.2) is 24.5 Å². The first-order valence-corrected chi connectivity index (χ1v) is 8.71. The molecule has 0 aliphatic heterocycles. The number of aryl methyl sites for hydroxylation is 2. The molecule has 29 heavy (non-hydrogen) atoms. The number of primary amides is 2. The van der Waals surface area contributed by atoms with Gasteiger partial charge in [-0.25, -0.2) is 14.4 Å². The number of aromatic nitrogens is 3. The number of fused-ring (bicyclic) bond motifs is 1. The van der Waals surface area contributed by atoms with Crippen molar-refractivity contribution in [2.24, 2.45) is 11.5 Å². The molecule has 2 aromatic heterocycles. The second-order valence-corrected chi connectivity index (χ2v) is 6.52. The maximum absolute atomic E-state index is 13.5. The summed E-state index contributed by atoms with van der Waals surface area (Å²) in [6.07, 6.45) is 1.96. The molecule has 0 radical (unpaired) electrons.